The zero-order valence-corrected chi connectivity index (χ0v) is 10.7. The number of nitrogens with two attached hydrogens (primary N) is 1. The van der Waals surface area contributed by atoms with Crippen LogP contribution in [-0.2, 0) is 0 Å². The lowest BCUT2D eigenvalue weighted by Gasteiger charge is -2.14. The molecular weight excluding hydrogens is 310 g/mol. The predicted octanol–water partition coefficient (Wildman–Crippen LogP) is 3.49. The highest BCUT2D eigenvalue weighted by Crippen LogP contribution is 2.37. The minimum atomic E-state index is -0.237. The van der Waals surface area contributed by atoms with Gasteiger partial charge in [-0.3, -0.25) is 0 Å². The summed E-state index contributed by atoms with van der Waals surface area (Å²) in [5.41, 5.74) is 6.60. The summed E-state index contributed by atoms with van der Waals surface area (Å²) in [5, 5.41) is 9.78. The molecule has 0 saturated carbocycles. The van der Waals surface area contributed by atoms with Crippen LogP contribution in [0.25, 0.3) is 0 Å². The van der Waals surface area contributed by atoms with Crippen LogP contribution in [0.15, 0.2) is 33.7 Å². The maximum absolute atomic E-state index is 9.78. The van der Waals surface area contributed by atoms with Gasteiger partial charge in [0.1, 0.15) is 5.75 Å². The molecule has 3 N–H and O–H groups in total. The van der Waals surface area contributed by atoms with Crippen molar-refractivity contribution < 1.29 is 5.11 Å². The highest BCUT2D eigenvalue weighted by Gasteiger charge is 2.15. The van der Waals surface area contributed by atoms with Gasteiger partial charge in [0.15, 0.2) is 0 Å². The van der Waals surface area contributed by atoms with E-state index in [0.29, 0.717) is 16.5 Å². The van der Waals surface area contributed by atoms with Gasteiger partial charge in [0.25, 0.3) is 0 Å². The van der Waals surface area contributed by atoms with Crippen LogP contribution in [0.1, 0.15) is 18.0 Å². The number of benzene rings is 1. The molecule has 0 heterocycles. The van der Waals surface area contributed by atoms with Crippen LogP contribution in [0, 0.1) is 0 Å². The van der Waals surface area contributed by atoms with E-state index in [1.165, 1.54) is 0 Å². The van der Waals surface area contributed by atoms with Crippen molar-refractivity contribution in [3.05, 3.63) is 39.3 Å². The van der Waals surface area contributed by atoms with Crippen molar-refractivity contribution in [3.63, 3.8) is 0 Å². The van der Waals surface area contributed by atoms with E-state index in [1.54, 1.807) is 12.1 Å². The standard InChI is InChI=1S/C10H11Br2NO/c1-2-3-8(13)9-6(11)4-5-7(12)10(9)14/h2,4-5,8,14H,1,3,13H2/t8-/m1/s1. The number of phenols is 1. The molecular formula is C10H11Br2NO. The van der Waals surface area contributed by atoms with Gasteiger partial charge in [-0.25, -0.2) is 0 Å². The van der Waals surface area contributed by atoms with Crippen LogP contribution < -0.4 is 5.73 Å². The van der Waals surface area contributed by atoms with E-state index < -0.39 is 0 Å². The Morgan fingerprint density at radius 1 is 1.43 bits per heavy atom. The van der Waals surface area contributed by atoms with E-state index in [-0.39, 0.29) is 11.8 Å². The van der Waals surface area contributed by atoms with E-state index >= 15 is 0 Å². The first kappa shape index (κ1) is 11.8. The van der Waals surface area contributed by atoms with Crippen LogP contribution >= 0.6 is 31.9 Å². The molecule has 1 aromatic rings. The average Bonchev–Trinajstić information content (AvgIpc) is 2.13. The Morgan fingerprint density at radius 3 is 2.57 bits per heavy atom. The molecule has 0 aliphatic carbocycles. The second kappa shape index (κ2) is 4.96. The van der Waals surface area contributed by atoms with E-state index in [0.717, 1.165) is 4.47 Å². The largest absolute Gasteiger partial charge is 0.506 e. The molecule has 1 aromatic carbocycles. The van der Waals surface area contributed by atoms with Crippen molar-refractivity contribution >= 4 is 31.9 Å². The van der Waals surface area contributed by atoms with Crippen molar-refractivity contribution in [3.8, 4) is 5.75 Å². The van der Waals surface area contributed by atoms with Crippen LogP contribution in [0.4, 0.5) is 0 Å². The molecule has 4 heteroatoms. The molecule has 0 saturated heterocycles. The SMILES string of the molecule is C=CC[C@@H](N)c1c(Br)ccc(Br)c1O. The second-order valence-electron chi connectivity index (χ2n) is 2.92. The Kier molecular flexibility index (Phi) is 4.16. The lowest BCUT2D eigenvalue weighted by molar-refractivity contribution is 0.457. The number of phenolic OH excluding ortho intramolecular Hbond substituents is 1. The average molecular weight is 321 g/mol. The summed E-state index contributed by atoms with van der Waals surface area (Å²) < 4.78 is 1.46. The molecule has 0 aliphatic rings. The summed E-state index contributed by atoms with van der Waals surface area (Å²) in [5.74, 6) is 0.189. The van der Waals surface area contributed by atoms with Gasteiger partial charge < -0.3 is 10.8 Å². The zero-order valence-electron chi connectivity index (χ0n) is 7.50. The van der Waals surface area contributed by atoms with Gasteiger partial charge in [0, 0.05) is 16.1 Å². The summed E-state index contributed by atoms with van der Waals surface area (Å²) in [6.45, 7) is 3.62. The number of aromatic hydroxyl groups is 1. The third kappa shape index (κ3) is 2.38. The summed E-state index contributed by atoms with van der Waals surface area (Å²) in [6, 6.07) is 3.38. The van der Waals surface area contributed by atoms with E-state index in [2.05, 4.69) is 38.4 Å². The smallest absolute Gasteiger partial charge is 0.135 e. The monoisotopic (exact) mass is 319 g/mol. The van der Waals surface area contributed by atoms with Crippen LogP contribution in [0.5, 0.6) is 5.75 Å². The summed E-state index contributed by atoms with van der Waals surface area (Å²) in [7, 11) is 0. The van der Waals surface area contributed by atoms with Crippen molar-refractivity contribution in [2.24, 2.45) is 5.73 Å². The molecule has 14 heavy (non-hydrogen) atoms. The normalized spacial score (nSPS) is 12.5. The van der Waals surface area contributed by atoms with Crippen LogP contribution in [-0.4, -0.2) is 5.11 Å². The third-order valence-corrected chi connectivity index (χ3v) is 3.24. The molecule has 1 rings (SSSR count). The predicted molar refractivity (Wildman–Crippen MR) is 65.2 cm³/mol. The minimum absolute atomic E-state index is 0.189. The molecule has 0 radical (unpaired) electrons. The molecule has 0 bridgehead atoms. The van der Waals surface area contributed by atoms with E-state index in [9.17, 15) is 5.11 Å². The van der Waals surface area contributed by atoms with E-state index in [4.69, 9.17) is 5.73 Å². The Hall–Kier alpha value is -0.320. The number of hydrogen-bond acceptors (Lipinski definition) is 2. The fourth-order valence-electron chi connectivity index (χ4n) is 1.21. The van der Waals surface area contributed by atoms with Gasteiger partial charge in [0.2, 0.25) is 0 Å². The van der Waals surface area contributed by atoms with Crippen molar-refractivity contribution in [1.29, 1.82) is 0 Å². The first-order chi connectivity index (χ1) is 6.57. The van der Waals surface area contributed by atoms with Crippen molar-refractivity contribution in [2.75, 3.05) is 0 Å². The first-order valence-electron chi connectivity index (χ1n) is 4.11. The molecule has 0 spiro atoms. The van der Waals surface area contributed by atoms with Gasteiger partial charge in [0.05, 0.1) is 4.47 Å². The fourth-order valence-corrected chi connectivity index (χ4v) is 2.17. The lowest BCUT2D eigenvalue weighted by Crippen LogP contribution is -2.10. The third-order valence-electron chi connectivity index (χ3n) is 1.91. The highest BCUT2D eigenvalue weighted by atomic mass is 79.9. The highest BCUT2D eigenvalue weighted by molar-refractivity contribution is 9.11. The summed E-state index contributed by atoms with van der Waals surface area (Å²) >= 11 is 6.60. The molecule has 76 valence electrons. The molecule has 0 unspecified atom stereocenters. The Labute approximate surface area is 100 Å². The Morgan fingerprint density at radius 2 is 2.00 bits per heavy atom. The topological polar surface area (TPSA) is 46.2 Å². The first-order valence-corrected chi connectivity index (χ1v) is 5.70. The lowest BCUT2D eigenvalue weighted by atomic mass is 10.0. The summed E-state index contributed by atoms with van der Waals surface area (Å²) in [4.78, 5) is 0. The molecule has 0 aromatic heterocycles. The van der Waals surface area contributed by atoms with Gasteiger partial charge in [-0.2, -0.15) is 0 Å². The zero-order chi connectivity index (χ0) is 10.7. The minimum Gasteiger partial charge on any atom is -0.506 e. The quantitative estimate of drug-likeness (QED) is 0.837. The number of hydrogen-bond donors (Lipinski definition) is 2. The molecule has 0 fully saturated rings. The second-order valence-corrected chi connectivity index (χ2v) is 4.63. The number of rotatable bonds is 3. The number of halogens is 2. The fraction of sp³-hybridized carbons (Fsp3) is 0.200. The Balaban J connectivity index is 3.17. The van der Waals surface area contributed by atoms with Gasteiger partial charge in [-0.15, -0.1) is 6.58 Å². The van der Waals surface area contributed by atoms with Crippen LogP contribution in [0.2, 0.25) is 0 Å². The van der Waals surface area contributed by atoms with Gasteiger partial charge in [-0.1, -0.05) is 22.0 Å². The maximum Gasteiger partial charge on any atom is 0.135 e. The van der Waals surface area contributed by atoms with Crippen molar-refractivity contribution in [1.82, 2.24) is 0 Å². The molecule has 0 aliphatic heterocycles. The summed E-state index contributed by atoms with van der Waals surface area (Å²) in [6.07, 6.45) is 2.36. The molecule has 2 nitrogen and oxygen atoms in total. The van der Waals surface area contributed by atoms with E-state index in [1.807, 2.05) is 6.07 Å². The molecule has 1 atom stereocenters. The maximum atomic E-state index is 9.78. The van der Waals surface area contributed by atoms with Crippen LogP contribution in [0.3, 0.4) is 0 Å². The molecule has 0 amide bonds. The van der Waals surface area contributed by atoms with Gasteiger partial charge >= 0.3 is 0 Å². The van der Waals surface area contributed by atoms with Crippen molar-refractivity contribution in [2.45, 2.75) is 12.5 Å². The van der Waals surface area contributed by atoms with Gasteiger partial charge in [-0.05, 0) is 34.5 Å². The Bertz CT molecular complexity index is 352.